The molecule has 2 aromatic rings. The molecule has 3 aliphatic heterocycles. The molecule has 0 bridgehead atoms. The number of fused-ring (bicyclic) bond motifs is 4. The van der Waals surface area contributed by atoms with E-state index in [9.17, 15) is 5.11 Å². The van der Waals surface area contributed by atoms with E-state index >= 15 is 0 Å². The van der Waals surface area contributed by atoms with Crippen molar-refractivity contribution in [2.24, 2.45) is 5.10 Å². The zero-order valence-corrected chi connectivity index (χ0v) is 16.8. The van der Waals surface area contributed by atoms with Gasteiger partial charge in [0, 0.05) is 48.0 Å². The van der Waals surface area contributed by atoms with E-state index in [0.717, 1.165) is 59.4 Å². The van der Waals surface area contributed by atoms with Crippen LogP contribution in [-0.2, 0) is 0 Å². The molecule has 27 heavy (non-hydrogen) atoms. The van der Waals surface area contributed by atoms with Crippen LogP contribution >= 0.6 is 15.9 Å². The Morgan fingerprint density at radius 3 is 2.74 bits per heavy atom. The summed E-state index contributed by atoms with van der Waals surface area (Å²) < 4.78 is 7.64. The van der Waals surface area contributed by atoms with Crippen molar-refractivity contribution in [3.05, 3.63) is 58.1 Å². The number of rotatable bonds is 1. The molecule has 1 N–H and O–H groups in total. The maximum absolute atomic E-state index is 10.3. The molecule has 1 fully saturated rings. The van der Waals surface area contributed by atoms with Gasteiger partial charge in [0.1, 0.15) is 11.5 Å². The number of benzene rings is 2. The lowest BCUT2D eigenvalue weighted by Gasteiger charge is -2.50. The van der Waals surface area contributed by atoms with Gasteiger partial charge in [-0.25, -0.2) is 5.01 Å². The van der Waals surface area contributed by atoms with Gasteiger partial charge in [0.25, 0.3) is 0 Å². The summed E-state index contributed by atoms with van der Waals surface area (Å²) in [6.45, 7) is 1.97. The minimum atomic E-state index is -0.413. The topological polar surface area (TPSA) is 48.3 Å². The highest BCUT2D eigenvalue weighted by atomic mass is 79.9. The lowest BCUT2D eigenvalue weighted by atomic mass is 9.91. The van der Waals surface area contributed by atoms with Crippen LogP contribution in [-0.4, -0.2) is 46.6 Å². The summed E-state index contributed by atoms with van der Waals surface area (Å²) in [5.74, 6) is 1.24. The zero-order valence-electron chi connectivity index (χ0n) is 15.2. The van der Waals surface area contributed by atoms with Gasteiger partial charge in [-0.2, -0.15) is 5.10 Å². The summed E-state index contributed by atoms with van der Waals surface area (Å²) in [5.41, 5.74) is 2.48. The van der Waals surface area contributed by atoms with E-state index in [2.05, 4.69) is 45.0 Å². The van der Waals surface area contributed by atoms with E-state index in [-0.39, 0.29) is 11.8 Å². The van der Waals surface area contributed by atoms with E-state index in [4.69, 9.17) is 9.84 Å². The van der Waals surface area contributed by atoms with Gasteiger partial charge in [0.2, 0.25) is 5.72 Å². The monoisotopic (exact) mass is 427 g/mol. The van der Waals surface area contributed by atoms with Gasteiger partial charge in [0.05, 0.1) is 11.8 Å². The average molecular weight is 428 g/mol. The lowest BCUT2D eigenvalue weighted by Crippen LogP contribution is -2.58. The van der Waals surface area contributed by atoms with E-state index in [1.165, 1.54) is 0 Å². The Morgan fingerprint density at radius 2 is 1.96 bits per heavy atom. The standard InChI is InChI=1S/C21H22BrN3O2/c1-24-10-8-21(9-11-24)25-18(16-12-14(22)6-7-20(16)27-21)13-17(23-25)15-4-2-3-5-19(15)26/h2-7,12,18,26H,8-11,13H2,1H3. The molecule has 0 aromatic heterocycles. The van der Waals surface area contributed by atoms with Crippen LogP contribution in [0.25, 0.3) is 0 Å². The number of aromatic hydroxyl groups is 1. The number of hydrazone groups is 1. The van der Waals surface area contributed by atoms with Crippen molar-refractivity contribution in [2.75, 3.05) is 20.1 Å². The third-order valence-corrected chi connectivity index (χ3v) is 6.44. The van der Waals surface area contributed by atoms with E-state index in [1.807, 2.05) is 24.3 Å². The summed E-state index contributed by atoms with van der Waals surface area (Å²) in [4.78, 5) is 2.34. The fourth-order valence-corrected chi connectivity index (χ4v) is 4.81. The first-order chi connectivity index (χ1) is 13.1. The molecule has 0 aliphatic carbocycles. The molecule has 0 radical (unpaired) electrons. The normalized spacial score (nSPS) is 23.6. The highest BCUT2D eigenvalue weighted by Gasteiger charge is 2.51. The van der Waals surface area contributed by atoms with E-state index in [1.54, 1.807) is 6.07 Å². The Hall–Kier alpha value is -2.05. The van der Waals surface area contributed by atoms with Gasteiger partial charge in [-0.3, -0.25) is 0 Å². The number of nitrogens with zero attached hydrogens (tertiary/aromatic N) is 3. The van der Waals surface area contributed by atoms with Crippen molar-refractivity contribution in [1.29, 1.82) is 0 Å². The maximum Gasteiger partial charge on any atom is 0.200 e. The summed E-state index contributed by atoms with van der Waals surface area (Å²) in [6, 6.07) is 13.8. The van der Waals surface area contributed by atoms with Crippen molar-refractivity contribution in [1.82, 2.24) is 9.91 Å². The first-order valence-electron chi connectivity index (χ1n) is 9.38. The second-order valence-electron chi connectivity index (χ2n) is 7.66. The first kappa shape index (κ1) is 17.1. The Morgan fingerprint density at radius 1 is 1.19 bits per heavy atom. The Balaban J connectivity index is 1.61. The van der Waals surface area contributed by atoms with Gasteiger partial charge >= 0.3 is 0 Å². The summed E-state index contributed by atoms with van der Waals surface area (Å²) in [5, 5.41) is 17.5. The Kier molecular flexibility index (Phi) is 3.95. The molecule has 2 aromatic carbocycles. The quantitative estimate of drug-likeness (QED) is 0.743. The molecular weight excluding hydrogens is 406 g/mol. The SMILES string of the molecule is CN1CCC2(CC1)Oc1ccc(Br)cc1C1CC(c3ccccc3O)=NN12. The number of phenolic OH excluding ortho intramolecular Hbond substituents is 1. The van der Waals surface area contributed by atoms with Crippen molar-refractivity contribution >= 4 is 21.6 Å². The van der Waals surface area contributed by atoms with Gasteiger partial charge in [0.15, 0.2) is 0 Å². The predicted molar refractivity (Wildman–Crippen MR) is 108 cm³/mol. The van der Waals surface area contributed by atoms with Crippen molar-refractivity contribution in [2.45, 2.75) is 31.0 Å². The molecule has 140 valence electrons. The smallest absolute Gasteiger partial charge is 0.200 e. The number of para-hydroxylation sites is 1. The van der Waals surface area contributed by atoms with Crippen molar-refractivity contribution in [3.8, 4) is 11.5 Å². The fraction of sp³-hybridized carbons (Fsp3) is 0.381. The largest absolute Gasteiger partial charge is 0.507 e. The van der Waals surface area contributed by atoms with Crippen LogP contribution in [0.2, 0.25) is 0 Å². The van der Waals surface area contributed by atoms with E-state index in [0.29, 0.717) is 0 Å². The van der Waals surface area contributed by atoms with Crippen LogP contribution in [0.5, 0.6) is 11.5 Å². The van der Waals surface area contributed by atoms with Crippen molar-refractivity contribution in [3.63, 3.8) is 0 Å². The molecule has 1 atom stereocenters. The van der Waals surface area contributed by atoms with Crippen LogP contribution in [0.1, 0.15) is 36.4 Å². The molecule has 1 unspecified atom stereocenters. The molecule has 1 saturated heterocycles. The number of piperidine rings is 1. The summed E-state index contributed by atoms with van der Waals surface area (Å²) >= 11 is 3.60. The predicted octanol–water partition coefficient (Wildman–Crippen LogP) is 4.12. The molecule has 5 nitrogen and oxygen atoms in total. The third kappa shape index (κ3) is 2.74. The summed E-state index contributed by atoms with van der Waals surface area (Å²) in [7, 11) is 2.15. The zero-order chi connectivity index (χ0) is 18.6. The van der Waals surface area contributed by atoms with Crippen LogP contribution in [0.15, 0.2) is 52.0 Å². The molecule has 0 amide bonds. The Labute approximate surface area is 167 Å². The molecule has 5 rings (SSSR count). The summed E-state index contributed by atoms with van der Waals surface area (Å²) in [6.07, 6.45) is 2.59. The van der Waals surface area contributed by atoms with Crippen LogP contribution < -0.4 is 4.74 Å². The van der Waals surface area contributed by atoms with Gasteiger partial charge < -0.3 is 14.7 Å². The lowest BCUT2D eigenvalue weighted by molar-refractivity contribution is -0.147. The van der Waals surface area contributed by atoms with Gasteiger partial charge in [-0.15, -0.1) is 0 Å². The third-order valence-electron chi connectivity index (χ3n) is 5.94. The number of hydrogen-bond acceptors (Lipinski definition) is 5. The average Bonchev–Trinajstić information content (AvgIpc) is 3.12. The number of hydrogen-bond donors (Lipinski definition) is 1. The highest BCUT2D eigenvalue weighted by molar-refractivity contribution is 9.10. The molecular formula is C21H22BrN3O2. The minimum Gasteiger partial charge on any atom is -0.507 e. The number of halogens is 1. The Bertz CT molecular complexity index is 921. The maximum atomic E-state index is 10.3. The number of phenols is 1. The van der Waals surface area contributed by atoms with Crippen LogP contribution in [0, 0.1) is 0 Å². The van der Waals surface area contributed by atoms with Crippen LogP contribution in [0.3, 0.4) is 0 Å². The molecule has 6 heteroatoms. The first-order valence-corrected chi connectivity index (χ1v) is 10.2. The van der Waals surface area contributed by atoms with Crippen LogP contribution in [0.4, 0.5) is 0 Å². The number of ether oxygens (including phenoxy) is 1. The van der Waals surface area contributed by atoms with Gasteiger partial charge in [-0.05, 0) is 37.4 Å². The second-order valence-corrected chi connectivity index (χ2v) is 8.58. The fourth-order valence-electron chi connectivity index (χ4n) is 4.43. The molecule has 3 heterocycles. The highest BCUT2D eigenvalue weighted by Crippen LogP contribution is 2.50. The molecule has 3 aliphatic rings. The second kappa shape index (κ2) is 6.24. The molecule has 0 saturated carbocycles. The molecule has 1 spiro atoms. The van der Waals surface area contributed by atoms with E-state index < -0.39 is 5.72 Å². The minimum absolute atomic E-state index is 0.129. The van der Waals surface area contributed by atoms with Gasteiger partial charge in [-0.1, -0.05) is 28.1 Å². The van der Waals surface area contributed by atoms with Crippen molar-refractivity contribution < 1.29 is 9.84 Å². The number of likely N-dealkylation sites (tertiary alicyclic amines) is 1.